The van der Waals surface area contributed by atoms with E-state index >= 15 is 0 Å². The van der Waals surface area contributed by atoms with Crippen molar-refractivity contribution in [1.29, 1.82) is 0 Å². The number of benzene rings is 1. The van der Waals surface area contributed by atoms with Gasteiger partial charge in [-0.1, -0.05) is 27.7 Å². The van der Waals surface area contributed by atoms with Crippen molar-refractivity contribution in [2.24, 2.45) is 0 Å². The summed E-state index contributed by atoms with van der Waals surface area (Å²) < 4.78 is 10.7. The van der Waals surface area contributed by atoms with Crippen molar-refractivity contribution < 1.29 is 39.8 Å². The Morgan fingerprint density at radius 2 is 1.50 bits per heavy atom. The highest BCUT2D eigenvalue weighted by Gasteiger charge is 2.48. The molecule has 8 nitrogen and oxygen atoms in total. The summed E-state index contributed by atoms with van der Waals surface area (Å²) >= 11 is 0. The zero-order valence-electron chi connectivity index (χ0n) is 15.2. The fourth-order valence-corrected chi connectivity index (χ4v) is 2.88. The molecular weight excluding hydrogens is 344 g/mol. The van der Waals surface area contributed by atoms with Gasteiger partial charge in [-0.05, 0) is 24.0 Å². The Bertz CT molecular complexity index is 628. The molecule has 146 valence electrons. The molecule has 1 aromatic rings. The van der Waals surface area contributed by atoms with Gasteiger partial charge >= 0.3 is 5.97 Å². The van der Waals surface area contributed by atoms with Crippen LogP contribution >= 0.6 is 0 Å². The van der Waals surface area contributed by atoms with Crippen LogP contribution in [0.15, 0.2) is 12.1 Å². The third-order valence-corrected chi connectivity index (χ3v) is 4.45. The van der Waals surface area contributed by atoms with Gasteiger partial charge in [0, 0.05) is 11.1 Å². The minimum Gasteiger partial charge on any atom is -0.507 e. The van der Waals surface area contributed by atoms with E-state index in [-0.39, 0.29) is 23.3 Å². The van der Waals surface area contributed by atoms with Crippen LogP contribution in [0.1, 0.15) is 50.7 Å². The summed E-state index contributed by atoms with van der Waals surface area (Å²) in [6, 6.07) is 3.16. The number of carboxylic acids is 1. The minimum atomic E-state index is -1.78. The molecule has 0 spiro atoms. The van der Waals surface area contributed by atoms with Crippen molar-refractivity contribution in [3.63, 3.8) is 0 Å². The predicted molar refractivity (Wildman–Crippen MR) is 91.2 cm³/mol. The first-order chi connectivity index (χ1) is 12.0. The summed E-state index contributed by atoms with van der Waals surface area (Å²) in [4.78, 5) is 11.2. The molecule has 1 heterocycles. The number of carboxylic acid groups (broad SMARTS) is 1. The van der Waals surface area contributed by atoms with Gasteiger partial charge in [0.05, 0.1) is 0 Å². The number of hydrogen-bond donors (Lipinski definition) is 5. The van der Waals surface area contributed by atoms with Crippen LogP contribution in [0.5, 0.6) is 11.5 Å². The Morgan fingerprint density at radius 1 is 1.00 bits per heavy atom. The SMILES string of the molecule is CC(C)c1cc(O[C@@H]2OC(C(=O)O)[C@@H](O)[C@@H](O)C2O)cc(C(C)C)c1O. The van der Waals surface area contributed by atoms with E-state index in [1.165, 1.54) is 0 Å². The Hall–Kier alpha value is -1.87. The molecule has 2 rings (SSSR count). The second-order valence-electron chi connectivity index (χ2n) is 7.11. The van der Waals surface area contributed by atoms with Crippen LogP contribution in [-0.2, 0) is 9.53 Å². The number of aliphatic hydroxyl groups is 3. The van der Waals surface area contributed by atoms with Crippen LogP contribution in [0.25, 0.3) is 0 Å². The van der Waals surface area contributed by atoms with Crippen LogP contribution < -0.4 is 4.74 Å². The number of ether oxygens (including phenoxy) is 2. The molecular formula is C18H26O8. The molecule has 0 radical (unpaired) electrons. The third kappa shape index (κ3) is 3.93. The zero-order chi connectivity index (χ0) is 19.8. The van der Waals surface area contributed by atoms with Gasteiger partial charge in [-0.3, -0.25) is 0 Å². The van der Waals surface area contributed by atoms with E-state index < -0.39 is 36.7 Å². The van der Waals surface area contributed by atoms with E-state index in [4.69, 9.17) is 14.6 Å². The van der Waals surface area contributed by atoms with Crippen LogP contribution in [0.2, 0.25) is 0 Å². The quantitative estimate of drug-likeness (QED) is 0.516. The number of phenolic OH excluding ortho intramolecular Hbond substituents is 1. The fraction of sp³-hybridized carbons (Fsp3) is 0.611. The van der Waals surface area contributed by atoms with Gasteiger partial charge in [-0.15, -0.1) is 0 Å². The molecule has 5 atom stereocenters. The van der Waals surface area contributed by atoms with Crippen molar-refractivity contribution in [3.05, 3.63) is 23.3 Å². The molecule has 8 heteroatoms. The Kier molecular flexibility index (Phi) is 6.13. The average Bonchev–Trinajstić information content (AvgIpc) is 2.55. The Labute approximate surface area is 151 Å². The lowest BCUT2D eigenvalue weighted by molar-refractivity contribution is -0.271. The highest BCUT2D eigenvalue weighted by molar-refractivity contribution is 5.73. The molecule has 1 aliphatic heterocycles. The molecule has 0 aromatic heterocycles. The molecule has 0 aliphatic carbocycles. The summed E-state index contributed by atoms with van der Waals surface area (Å²) in [5.41, 5.74) is 1.26. The Morgan fingerprint density at radius 3 is 1.92 bits per heavy atom. The number of aliphatic carboxylic acids is 1. The molecule has 0 amide bonds. The van der Waals surface area contributed by atoms with E-state index in [1.807, 2.05) is 27.7 Å². The fourth-order valence-electron chi connectivity index (χ4n) is 2.88. The predicted octanol–water partition coefficient (Wildman–Crippen LogP) is 0.910. The lowest BCUT2D eigenvalue weighted by Gasteiger charge is -2.38. The maximum atomic E-state index is 11.2. The van der Waals surface area contributed by atoms with Crippen molar-refractivity contribution in [2.45, 2.75) is 70.2 Å². The zero-order valence-corrected chi connectivity index (χ0v) is 15.2. The Balaban J connectivity index is 2.35. The highest BCUT2D eigenvalue weighted by Crippen LogP contribution is 2.38. The highest BCUT2D eigenvalue weighted by atomic mass is 16.7. The smallest absolute Gasteiger partial charge is 0.335 e. The van der Waals surface area contributed by atoms with Crippen LogP contribution in [-0.4, -0.2) is 62.2 Å². The van der Waals surface area contributed by atoms with E-state index in [9.17, 15) is 25.2 Å². The van der Waals surface area contributed by atoms with Gasteiger partial charge in [0.1, 0.15) is 29.8 Å². The summed E-state index contributed by atoms with van der Waals surface area (Å²) in [7, 11) is 0. The summed E-state index contributed by atoms with van der Waals surface area (Å²) in [5.74, 6) is -1.08. The topological polar surface area (TPSA) is 137 Å². The number of rotatable bonds is 5. The molecule has 0 bridgehead atoms. The van der Waals surface area contributed by atoms with E-state index in [0.29, 0.717) is 11.1 Å². The molecule has 1 aromatic carbocycles. The monoisotopic (exact) mass is 370 g/mol. The first kappa shape index (κ1) is 20.4. The lowest BCUT2D eigenvalue weighted by atomic mass is 9.93. The van der Waals surface area contributed by atoms with E-state index in [0.717, 1.165) is 0 Å². The minimum absolute atomic E-state index is 0.00701. The second-order valence-corrected chi connectivity index (χ2v) is 7.11. The van der Waals surface area contributed by atoms with Gasteiger partial charge < -0.3 is 35.0 Å². The maximum absolute atomic E-state index is 11.2. The maximum Gasteiger partial charge on any atom is 0.335 e. The van der Waals surface area contributed by atoms with Crippen molar-refractivity contribution in [2.75, 3.05) is 0 Å². The van der Waals surface area contributed by atoms with E-state index in [2.05, 4.69) is 0 Å². The number of hydrogen-bond acceptors (Lipinski definition) is 7. The molecule has 26 heavy (non-hydrogen) atoms. The largest absolute Gasteiger partial charge is 0.507 e. The molecule has 2 unspecified atom stereocenters. The van der Waals surface area contributed by atoms with Gasteiger partial charge in [0.2, 0.25) is 6.29 Å². The second kappa shape index (κ2) is 7.79. The molecule has 1 fully saturated rings. The lowest BCUT2D eigenvalue weighted by Crippen LogP contribution is -2.61. The van der Waals surface area contributed by atoms with Crippen molar-refractivity contribution in [3.8, 4) is 11.5 Å². The van der Waals surface area contributed by atoms with Crippen molar-refractivity contribution >= 4 is 5.97 Å². The number of phenols is 1. The van der Waals surface area contributed by atoms with Gasteiger partial charge in [-0.25, -0.2) is 4.79 Å². The van der Waals surface area contributed by atoms with Gasteiger partial charge in [0.25, 0.3) is 0 Å². The first-order valence-corrected chi connectivity index (χ1v) is 8.50. The summed E-state index contributed by atoms with van der Waals surface area (Å²) in [6.45, 7) is 7.59. The number of aromatic hydroxyl groups is 1. The van der Waals surface area contributed by atoms with Crippen LogP contribution in [0.3, 0.4) is 0 Å². The number of carbonyl (C=O) groups is 1. The molecule has 1 aliphatic rings. The molecule has 5 N–H and O–H groups in total. The average molecular weight is 370 g/mol. The molecule has 1 saturated heterocycles. The third-order valence-electron chi connectivity index (χ3n) is 4.45. The first-order valence-electron chi connectivity index (χ1n) is 8.50. The number of aliphatic hydroxyl groups excluding tert-OH is 3. The van der Waals surface area contributed by atoms with Crippen LogP contribution in [0, 0.1) is 0 Å². The summed E-state index contributed by atoms with van der Waals surface area (Å²) in [6.07, 6.45) is -8.37. The normalized spacial score (nSPS) is 29.2. The van der Waals surface area contributed by atoms with Gasteiger partial charge in [-0.2, -0.15) is 0 Å². The molecule has 0 saturated carbocycles. The van der Waals surface area contributed by atoms with Crippen LogP contribution in [0.4, 0.5) is 0 Å². The standard InChI is InChI=1S/C18H26O8/c1-7(2)10-5-9(6-11(8(3)4)12(10)19)25-18-15(22)13(20)14(21)16(26-18)17(23)24/h5-8,13-16,18-22H,1-4H3,(H,23,24)/t13-,14+,15?,16?,18-/m1/s1. The van der Waals surface area contributed by atoms with Gasteiger partial charge in [0.15, 0.2) is 6.10 Å². The van der Waals surface area contributed by atoms with Crippen molar-refractivity contribution in [1.82, 2.24) is 0 Å². The van der Waals surface area contributed by atoms with E-state index in [1.54, 1.807) is 12.1 Å². The summed E-state index contributed by atoms with van der Waals surface area (Å²) in [5, 5.41) is 49.2.